The molecule has 2 heterocycles. The fourth-order valence-electron chi connectivity index (χ4n) is 2.49. The lowest BCUT2D eigenvalue weighted by Crippen LogP contribution is -2.13. The van der Waals surface area contributed by atoms with E-state index >= 15 is 0 Å². The molecule has 0 saturated heterocycles. The smallest absolute Gasteiger partial charge is 0.253 e. The molecule has 1 aromatic heterocycles. The maximum atomic E-state index is 11.9. The summed E-state index contributed by atoms with van der Waals surface area (Å²) < 4.78 is 0. The molecule has 3 heteroatoms. The second-order valence-corrected chi connectivity index (χ2v) is 4.36. The van der Waals surface area contributed by atoms with Gasteiger partial charge >= 0.3 is 0 Å². The van der Waals surface area contributed by atoms with Crippen molar-refractivity contribution in [3.8, 4) is 0 Å². The van der Waals surface area contributed by atoms with Gasteiger partial charge in [-0.3, -0.25) is 9.78 Å². The van der Waals surface area contributed by atoms with Gasteiger partial charge in [0, 0.05) is 5.39 Å². The van der Waals surface area contributed by atoms with Crippen LogP contribution in [-0.4, -0.2) is 10.9 Å². The lowest BCUT2D eigenvalue weighted by molar-refractivity contribution is 0.0965. The Bertz CT molecular complexity index is 604. The van der Waals surface area contributed by atoms with Gasteiger partial charge in [0.25, 0.3) is 5.91 Å². The number of fused-ring (bicyclic) bond motifs is 2. The first-order valence-corrected chi connectivity index (χ1v) is 6.00. The van der Waals surface area contributed by atoms with Crippen molar-refractivity contribution >= 4 is 16.8 Å². The van der Waals surface area contributed by atoms with Gasteiger partial charge in [-0.2, -0.15) is 0 Å². The summed E-state index contributed by atoms with van der Waals surface area (Å²) in [6.07, 6.45) is 1.96. The normalized spacial score (nSPS) is 13.8. The summed E-state index contributed by atoms with van der Waals surface area (Å²) in [4.78, 5) is 16.4. The number of carbonyl (C=O) groups excluding carboxylic acids is 1. The molecule has 0 bridgehead atoms. The first-order valence-electron chi connectivity index (χ1n) is 6.00. The van der Waals surface area contributed by atoms with Crippen molar-refractivity contribution < 1.29 is 4.79 Å². The molecular weight excluding hydrogens is 212 g/mol. The maximum absolute atomic E-state index is 11.9. The van der Waals surface area contributed by atoms with Crippen molar-refractivity contribution in [1.82, 2.24) is 10.3 Å². The van der Waals surface area contributed by atoms with E-state index in [4.69, 9.17) is 0 Å². The third-order valence-electron chi connectivity index (χ3n) is 3.22. The molecule has 0 fully saturated rings. The van der Waals surface area contributed by atoms with Crippen LogP contribution in [0.25, 0.3) is 10.9 Å². The van der Waals surface area contributed by atoms with Crippen LogP contribution < -0.4 is 5.32 Å². The summed E-state index contributed by atoms with van der Waals surface area (Å²) in [5, 5.41) is 3.97. The number of aromatic nitrogens is 1. The summed E-state index contributed by atoms with van der Waals surface area (Å²) in [6, 6.07) is 8.06. The van der Waals surface area contributed by atoms with Gasteiger partial charge in [0.15, 0.2) is 0 Å². The van der Waals surface area contributed by atoms with Crippen LogP contribution >= 0.6 is 0 Å². The van der Waals surface area contributed by atoms with Gasteiger partial charge in [0.05, 0.1) is 23.3 Å². The first-order chi connectivity index (χ1) is 8.31. The number of nitrogens with one attached hydrogen (secondary N) is 1. The number of carbonyl (C=O) groups is 1. The highest BCUT2D eigenvalue weighted by molar-refractivity contribution is 6.03. The van der Waals surface area contributed by atoms with Gasteiger partial charge in [0.2, 0.25) is 0 Å². The standard InChI is InChI=1S/C14H14N2O/c1-2-5-10-9-6-3-4-7-11(9)16-12-8-15-14(17)13(10)12/h3-4,6-7H,2,5,8H2,1H3,(H,15,17). The van der Waals surface area contributed by atoms with Crippen molar-refractivity contribution in [2.24, 2.45) is 0 Å². The van der Waals surface area contributed by atoms with Crippen LogP contribution in [0, 0.1) is 0 Å². The van der Waals surface area contributed by atoms with Gasteiger partial charge in [-0.1, -0.05) is 31.5 Å². The van der Waals surface area contributed by atoms with Crippen molar-refractivity contribution in [3.63, 3.8) is 0 Å². The number of hydrogen-bond acceptors (Lipinski definition) is 2. The fraction of sp³-hybridized carbons (Fsp3) is 0.286. The largest absolute Gasteiger partial charge is 0.346 e. The molecule has 0 unspecified atom stereocenters. The average Bonchev–Trinajstić information content (AvgIpc) is 2.71. The number of rotatable bonds is 2. The topological polar surface area (TPSA) is 42.0 Å². The van der Waals surface area contributed by atoms with Gasteiger partial charge in [-0.05, 0) is 18.1 Å². The number of pyridine rings is 1. The Morgan fingerprint density at radius 3 is 3.00 bits per heavy atom. The Hall–Kier alpha value is -1.90. The zero-order valence-electron chi connectivity index (χ0n) is 9.79. The summed E-state index contributed by atoms with van der Waals surface area (Å²) in [6.45, 7) is 2.70. The quantitative estimate of drug-likeness (QED) is 0.854. The number of benzene rings is 1. The van der Waals surface area contributed by atoms with E-state index in [1.54, 1.807) is 0 Å². The molecule has 0 spiro atoms. The van der Waals surface area contributed by atoms with E-state index in [-0.39, 0.29) is 5.91 Å². The first kappa shape index (κ1) is 10.3. The molecule has 1 aromatic carbocycles. The minimum Gasteiger partial charge on any atom is -0.346 e. The summed E-state index contributed by atoms with van der Waals surface area (Å²) >= 11 is 0. The highest BCUT2D eigenvalue weighted by Crippen LogP contribution is 2.27. The van der Waals surface area contributed by atoms with E-state index in [1.165, 1.54) is 0 Å². The number of para-hydroxylation sites is 1. The zero-order chi connectivity index (χ0) is 11.8. The zero-order valence-corrected chi connectivity index (χ0v) is 9.79. The van der Waals surface area contributed by atoms with Crippen molar-refractivity contribution in [3.05, 3.63) is 41.1 Å². The van der Waals surface area contributed by atoms with Crippen molar-refractivity contribution in [2.75, 3.05) is 0 Å². The number of amides is 1. The molecular formula is C14H14N2O. The van der Waals surface area contributed by atoms with Crippen LogP contribution in [0.1, 0.15) is 35.0 Å². The molecule has 17 heavy (non-hydrogen) atoms. The highest BCUT2D eigenvalue weighted by atomic mass is 16.1. The molecule has 1 aliphatic rings. The number of hydrogen-bond donors (Lipinski definition) is 1. The van der Waals surface area contributed by atoms with Gasteiger partial charge < -0.3 is 5.32 Å². The van der Waals surface area contributed by atoms with E-state index < -0.39 is 0 Å². The van der Waals surface area contributed by atoms with Crippen LogP contribution in [0.2, 0.25) is 0 Å². The monoisotopic (exact) mass is 226 g/mol. The van der Waals surface area contributed by atoms with Crippen LogP contribution in [0.3, 0.4) is 0 Å². The van der Waals surface area contributed by atoms with Gasteiger partial charge in [0.1, 0.15) is 0 Å². The molecule has 1 N–H and O–H groups in total. The van der Waals surface area contributed by atoms with E-state index in [9.17, 15) is 4.79 Å². The Labute approximate surface area is 99.9 Å². The van der Waals surface area contributed by atoms with Gasteiger partial charge in [-0.25, -0.2) is 0 Å². The third-order valence-corrected chi connectivity index (χ3v) is 3.22. The Morgan fingerprint density at radius 1 is 1.35 bits per heavy atom. The van der Waals surface area contributed by atoms with Crippen LogP contribution in [0.15, 0.2) is 24.3 Å². The van der Waals surface area contributed by atoms with Gasteiger partial charge in [-0.15, -0.1) is 0 Å². The van der Waals surface area contributed by atoms with E-state index in [1.807, 2.05) is 18.2 Å². The van der Waals surface area contributed by atoms with E-state index in [2.05, 4.69) is 23.3 Å². The van der Waals surface area contributed by atoms with Crippen molar-refractivity contribution in [2.45, 2.75) is 26.3 Å². The Kier molecular flexibility index (Phi) is 2.32. The predicted octanol–water partition coefficient (Wildman–Crippen LogP) is 2.43. The molecule has 3 rings (SSSR count). The lowest BCUT2D eigenvalue weighted by atomic mass is 9.98. The molecule has 0 aliphatic carbocycles. The lowest BCUT2D eigenvalue weighted by Gasteiger charge is -2.09. The molecule has 0 saturated carbocycles. The summed E-state index contributed by atoms with van der Waals surface area (Å²) in [5.74, 6) is 0.0294. The molecule has 1 amide bonds. The molecule has 3 nitrogen and oxygen atoms in total. The van der Waals surface area contributed by atoms with E-state index in [0.29, 0.717) is 6.54 Å². The van der Waals surface area contributed by atoms with Crippen molar-refractivity contribution in [1.29, 1.82) is 0 Å². The molecule has 0 radical (unpaired) electrons. The van der Waals surface area contributed by atoms with E-state index in [0.717, 1.165) is 40.6 Å². The van der Waals surface area contributed by atoms with Crippen LogP contribution in [0.5, 0.6) is 0 Å². The Balaban J connectivity index is 2.37. The Morgan fingerprint density at radius 2 is 2.18 bits per heavy atom. The minimum absolute atomic E-state index is 0.0294. The fourth-order valence-corrected chi connectivity index (χ4v) is 2.49. The average molecular weight is 226 g/mol. The third kappa shape index (κ3) is 1.50. The summed E-state index contributed by atoms with van der Waals surface area (Å²) in [7, 11) is 0. The molecule has 1 aliphatic heterocycles. The number of aryl methyl sites for hydroxylation is 1. The molecule has 2 aromatic rings. The second kappa shape index (κ2) is 3.84. The predicted molar refractivity (Wildman–Crippen MR) is 66.9 cm³/mol. The second-order valence-electron chi connectivity index (χ2n) is 4.36. The maximum Gasteiger partial charge on any atom is 0.253 e. The van der Waals surface area contributed by atoms with Crippen LogP contribution in [-0.2, 0) is 13.0 Å². The molecule has 86 valence electrons. The van der Waals surface area contributed by atoms with Crippen LogP contribution in [0.4, 0.5) is 0 Å². The number of nitrogens with zero attached hydrogens (tertiary/aromatic N) is 1. The highest BCUT2D eigenvalue weighted by Gasteiger charge is 2.25. The summed E-state index contributed by atoms with van der Waals surface area (Å²) in [5.41, 5.74) is 3.86. The molecule has 0 atom stereocenters. The SMILES string of the molecule is CCCc1c2c(nc3ccccc13)CNC2=O. The minimum atomic E-state index is 0.0294.